The van der Waals surface area contributed by atoms with Crippen molar-refractivity contribution in [3.63, 3.8) is 0 Å². The predicted molar refractivity (Wildman–Crippen MR) is 109 cm³/mol. The number of aliphatic imine (C=N–C) groups is 1. The minimum Gasteiger partial charge on any atom is -0.492 e. The molecule has 0 aliphatic carbocycles. The van der Waals surface area contributed by atoms with Gasteiger partial charge in [0.2, 0.25) is 0 Å². The van der Waals surface area contributed by atoms with E-state index in [1.165, 1.54) is 12.1 Å². The van der Waals surface area contributed by atoms with Gasteiger partial charge in [0, 0.05) is 32.2 Å². The van der Waals surface area contributed by atoms with Crippen LogP contribution in [0.25, 0.3) is 0 Å². The van der Waals surface area contributed by atoms with Crippen molar-refractivity contribution < 1.29 is 13.9 Å². The highest BCUT2D eigenvalue weighted by Gasteiger charge is 2.09. The van der Waals surface area contributed by atoms with E-state index in [0.717, 1.165) is 51.9 Å². The van der Waals surface area contributed by atoms with Crippen LogP contribution in [0.4, 0.5) is 4.39 Å². The number of morpholine rings is 1. The first-order valence-electron chi connectivity index (χ1n) is 8.48. The van der Waals surface area contributed by atoms with Crippen LogP contribution in [0.3, 0.4) is 0 Å². The topological polar surface area (TPSA) is 58.1 Å². The second-order valence-electron chi connectivity index (χ2n) is 5.45. The number of hydrogen-bond donors (Lipinski definition) is 2. The Bertz CT molecular complexity index is 513. The number of ether oxygens (including phenoxy) is 2. The molecule has 0 radical (unpaired) electrons. The van der Waals surface area contributed by atoms with E-state index in [2.05, 4.69) is 20.5 Å². The summed E-state index contributed by atoms with van der Waals surface area (Å²) in [5, 5.41) is 6.43. The summed E-state index contributed by atoms with van der Waals surface area (Å²) < 4.78 is 23.9. The Labute approximate surface area is 166 Å². The summed E-state index contributed by atoms with van der Waals surface area (Å²) in [7, 11) is 0. The van der Waals surface area contributed by atoms with Gasteiger partial charge in [-0.2, -0.15) is 0 Å². The van der Waals surface area contributed by atoms with E-state index in [1.807, 2.05) is 6.92 Å². The van der Waals surface area contributed by atoms with Crippen molar-refractivity contribution in [1.29, 1.82) is 0 Å². The number of rotatable bonds is 8. The zero-order chi connectivity index (χ0) is 17.0. The molecule has 1 aromatic carbocycles. The molecule has 2 rings (SSSR count). The smallest absolute Gasteiger partial charge is 0.191 e. The molecule has 1 fully saturated rings. The quantitative estimate of drug-likeness (QED) is 0.265. The third kappa shape index (κ3) is 9.22. The van der Waals surface area contributed by atoms with Crippen molar-refractivity contribution in [2.24, 2.45) is 4.99 Å². The zero-order valence-electron chi connectivity index (χ0n) is 14.7. The normalized spacial score (nSPS) is 15.4. The Balaban J connectivity index is 0.00000312. The highest BCUT2D eigenvalue weighted by atomic mass is 127. The predicted octanol–water partition coefficient (Wildman–Crippen LogP) is 1.71. The van der Waals surface area contributed by atoms with E-state index in [9.17, 15) is 4.39 Å². The molecule has 1 aromatic rings. The largest absolute Gasteiger partial charge is 0.492 e. The molecule has 1 heterocycles. The van der Waals surface area contributed by atoms with Crippen LogP contribution < -0.4 is 15.4 Å². The molecular weight excluding hydrogens is 438 g/mol. The Morgan fingerprint density at radius 2 is 2.12 bits per heavy atom. The zero-order valence-corrected chi connectivity index (χ0v) is 17.0. The minimum absolute atomic E-state index is 0. The second-order valence-corrected chi connectivity index (χ2v) is 5.45. The molecule has 1 aliphatic rings. The Hall–Kier alpha value is -1.13. The van der Waals surface area contributed by atoms with E-state index in [-0.39, 0.29) is 29.8 Å². The van der Waals surface area contributed by atoms with Crippen LogP contribution in [0.2, 0.25) is 0 Å². The molecule has 2 N–H and O–H groups in total. The number of hydrogen-bond acceptors (Lipinski definition) is 4. The monoisotopic (exact) mass is 466 g/mol. The molecule has 0 unspecified atom stereocenters. The van der Waals surface area contributed by atoms with Gasteiger partial charge in [-0.15, -0.1) is 24.0 Å². The lowest BCUT2D eigenvalue weighted by Crippen LogP contribution is -2.41. The number of halogens is 2. The van der Waals surface area contributed by atoms with Gasteiger partial charge >= 0.3 is 0 Å². The van der Waals surface area contributed by atoms with E-state index in [0.29, 0.717) is 18.9 Å². The van der Waals surface area contributed by atoms with E-state index >= 15 is 0 Å². The van der Waals surface area contributed by atoms with Gasteiger partial charge in [0.1, 0.15) is 18.2 Å². The first kappa shape index (κ1) is 21.9. The van der Waals surface area contributed by atoms with Crippen molar-refractivity contribution in [2.45, 2.75) is 6.92 Å². The van der Waals surface area contributed by atoms with E-state index in [4.69, 9.17) is 9.47 Å². The maximum Gasteiger partial charge on any atom is 0.191 e. The van der Waals surface area contributed by atoms with Crippen LogP contribution in [0, 0.1) is 5.82 Å². The fourth-order valence-corrected chi connectivity index (χ4v) is 2.36. The second kappa shape index (κ2) is 13.1. The van der Waals surface area contributed by atoms with E-state index < -0.39 is 0 Å². The summed E-state index contributed by atoms with van der Waals surface area (Å²) >= 11 is 0. The Kier molecular flexibility index (Phi) is 11.5. The van der Waals surface area contributed by atoms with Gasteiger partial charge in [-0.25, -0.2) is 4.39 Å². The Morgan fingerprint density at radius 3 is 2.84 bits per heavy atom. The van der Waals surface area contributed by atoms with E-state index in [1.54, 1.807) is 12.1 Å². The highest BCUT2D eigenvalue weighted by molar-refractivity contribution is 14.0. The van der Waals surface area contributed by atoms with Crippen molar-refractivity contribution in [1.82, 2.24) is 15.5 Å². The number of guanidine groups is 1. The van der Waals surface area contributed by atoms with Gasteiger partial charge in [-0.1, -0.05) is 6.07 Å². The molecule has 8 heteroatoms. The van der Waals surface area contributed by atoms with Gasteiger partial charge in [-0.05, 0) is 19.1 Å². The average Bonchev–Trinajstić information content (AvgIpc) is 2.60. The van der Waals surface area contributed by atoms with Crippen LogP contribution in [0.15, 0.2) is 29.3 Å². The summed E-state index contributed by atoms with van der Waals surface area (Å²) in [6.07, 6.45) is 0. The van der Waals surface area contributed by atoms with Gasteiger partial charge in [0.15, 0.2) is 5.96 Å². The molecule has 0 atom stereocenters. The summed E-state index contributed by atoms with van der Waals surface area (Å²) in [5.74, 6) is 1.01. The molecule has 25 heavy (non-hydrogen) atoms. The van der Waals surface area contributed by atoms with Crippen molar-refractivity contribution in [3.8, 4) is 5.75 Å². The molecule has 0 spiro atoms. The van der Waals surface area contributed by atoms with Crippen molar-refractivity contribution in [2.75, 3.05) is 59.1 Å². The minimum atomic E-state index is -0.293. The van der Waals surface area contributed by atoms with Gasteiger partial charge in [0.25, 0.3) is 0 Å². The average molecular weight is 466 g/mol. The third-order valence-electron chi connectivity index (χ3n) is 3.59. The summed E-state index contributed by atoms with van der Waals surface area (Å²) in [4.78, 5) is 6.91. The maximum atomic E-state index is 13.1. The lowest BCUT2D eigenvalue weighted by atomic mass is 10.3. The van der Waals surface area contributed by atoms with Gasteiger partial charge in [-0.3, -0.25) is 9.89 Å². The van der Waals surface area contributed by atoms with Crippen LogP contribution in [-0.4, -0.2) is 69.9 Å². The highest BCUT2D eigenvalue weighted by Crippen LogP contribution is 2.11. The molecule has 0 bridgehead atoms. The lowest BCUT2D eigenvalue weighted by molar-refractivity contribution is 0.0394. The van der Waals surface area contributed by atoms with Gasteiger partial charge < -0.3 is 20.1 Å². The molecular formula is C17H28FIN4O2. The molecule has 1 aliphatic heterocycles. The molecule has 1 saturated heterocycles. The van der Waals surface area contributed by atoms with Crippen LogP contribution >= 0.6 is 24.0 Å². The fraction of sp³-hybridized carbons (Fsp3) is 0.588. The number of nitrogens with one attached hydrogen (secondary N) is 2. The maximum absolute atomic E-state index is 13.1. The van der Waals surface area contributed by atoms with Crippen molar-refractivity contribution >= 4 is 29.9 Å². The first-order valence-corrected chi connectivity index (χ1v) is 8.48. The van der Waals surface area contributed by atoms with Crippen LogP contribution in [0.1, 0.15) is 6.92 Å². The number of nitrogens with zero attached hydrogens (tertiary/aromatic N) is 2. The molecule has 0 saturated carbocycles. The summed E-state index contributed by atoms with van der Waals surface area (Å²) in [5.41, 5.74) is 0. The summed E-state index contributed by atoms with van der Waals surface area (Å²) in [6, 6.07) is 6.15. The molecule has 0 aromatic heterocycles. The molecule has 6 nitrogen and oxygen atoms in total. The molecule has 0 amide bonds. The SMILES string of the molecule is CCNC(=NCCN1CCOCC1)NCCOc1cccc(F)c1.I. The Morgan fingerprint density at radius 1 is 1.32 bits per heavy atom. The van der Waals surface area contributed by atoms with Gasteiger partial charge in [0.05, 0.1) is 26.3 Å². The van der Waals surface area contributed by atoms with Crippen LogP contribution in [-0.2, 0) is 4.74 Å². The third-order valence-corrected chi connectivity index (χ3v) is 3.59. The fourth-order valence-electron chi connectivity index (χ4n) is 2.36. The van der Waals surface area contributed by atoms with Crippen LogP contribution in [0.5, 0.6) is 5.75 Å². The number of benzene rings is 1. The summed E-state index contributed by atoms with van der Waals surface area (Å²) in [6.45, 7) is 9.09. The molecule has 142 valence electrons. The van der Waals surface area contributed by atoms with Crippen molar-refractivity contribution in [3.05, 3.63) is 30.1 Å². The first-order chi connectivity index (χ1) is 11.8. The standard InChI is InChI=1S/C17H27FN4O2.HI/c1-2-19-17(20-6-8-22-9-12-23-13-10-22)21-7-11-24-16-5-3-4-15(18)14-16;/h3-5,14H,2,6-13H2,1H3,(H2,19,20,21);1H. The lowest BCUT2D eigenvalue weighted by Gasteiger charge is -2.25.